The van der Waals surface area contributed by atoms with E-state index in [9.17, 15) is 5.26 Å². The molecule has 1 N–H and O–H groups in total. The van der Waals surface area contributed by atoms with Gasteiger partial charge in [0.25, 0.3) is 0 Å². The fraction of sp³-hybridized carbons (Fsp3) is 0.278. The normalized spacial score (nSPS) is 16.9. The van der Waals surface area contributed by atoms with Gasteiger partial charge in [-0.1, -0.05) is 30.3 Å². The number of hydrogen-bond acceptors (Lipinski definition) is 3. The van der Waals surface area contributed by atoms with Crippen LogP contribution in [-0.4, -0.2) is 6.26 Å². The van der Waals surface area contributed by atoms with Gasteiger partial charge in [-0.3, -0.25) is 0 Å². The molecular formula is C18H18N2S. The molecule has 106 valence electrons. The second-order valence-electron chi connectivity index (χ2n) is 5.28. The molecule has 1 aliphatic rings. The molecule has 0 aromatic heterocycles. The maximum atomic E-state index is 9.45. The van der Waals surface area contributed by atoms with E-state index in [1.807, 2.05) is 24.5 Å². The molecule has 0 amide bonds. The van der Waals surface area contributed by atoms with Crippen molar-refractivity contribution < 1.29 is 0 Å². The first kappa shape index (κ1) is 14.0. The summed E-state index contributed by atoms with van der Waals surface area (Å²) in [5.74, 6) is 0. The Morgan fingerprint density at radius 1 is 1.19 bits per heavy atom. The fourth-order valence-corrected chi connectivity index (χ4v) is 3.60. The third-order valence-electron chi connectivity index (χ3n) is 4.06. The van der Waals surface area contributed by atoms with E-state index in [0.29, 0.717) is 6.04 Å². The lowest BCUT2D eigenvalue weighted by atomic mass is 9.87. The molecule has 1 atom stereocenters. The maximum Gasteiger partial charge on any atom is 0.102 e. The summed E-state index contributed by atoms with van der Waals surface area (Å²) in [6, 6.07) is 17.3. The minimum Gasteiger partial charge on any atom is -0.377 e. The number of nitriles is 1. The van der Waals surface area contributed by atoms with Crippen molar-refractivity contribution in [3.8, 4) is 6.07 Å². The van der Waals surface area contributed by atoms with Crippen molar-refractivity contribution in [2.45, 2.75) is 30.2 Å². The van der Waals surface area contributed by atoms with Crippen LogP contribution >= 0.6 is 11.8 Å². The van der Waals surface area contributed by atoms with Crippen molar-refractivity contribution in [3.63, 3.8) is 0 Å². The zero-order valence-corrected chi connectivity index (χ0v) is 12.9. The van der Waals surface area contributed by atoms with E-state index in [4.69, 9.17) is 0 Å². The highest BCUT2D eigenvalue weighted by Gasteiger charge is 2.20. The van der Waals surface area contributed by atoms with E-state index in [1.165, 1.54) is 17.5 Å². The van der Waals surface area contributed by atoms with Crippen molar-refractivity contribution in [1.82, 2.24) is 0 Å². The summed E-state index contributed by atoms with van der Waals surface area (Å²) in [4.78, 5) is 1.03. The first-order chi connectivity index (χ1) is 10.3. The van der Waals surface area contributed by atoms with E-state index < -0.39 is 0 Å². The van der Waals surface area contributed by atoms with Crippen molar-refractivity contribution in [2.24, 2.45) is 0 Å². The van der Waals surface area contributed by atoms with Gasteiger partial charge in [0.15, 0.2) is 0 Å². The van der Waals surface area contributed by atoms with E-state index in [1.54, 1.807) is 11.8 Å². The van der Waals surface area contributed by atoms with Crippen LogP contribution in [0.1, 0.15) is 35.6 Å². The van der Waals surface area contributed by atoms with Gasteiger partial charge in [-0.2, -0.15) is 5.26 Å². The van der Waals surface area contributed by atoms with E-state index in [0.717, 1.165) is 29.0 Å². The number of rotatable bonds is 3. The quantitative estimate of drug-likeness (QED) is 0.828. The van der Waals surface area contributed by atoms with E-state index in [2.05, 4.69) is 35.7 Å². The van der Waals surface area contributed by atoms with Crippen molar-refractivity contribution >= 4 is 17.4 Å². The highest BCUT2D eigenvalue weighted by molar-refractivity contribution is 7.98. The average Bonchev–Trinajstić information content (AvgIpc) is 2.55. The topological polar surface area (TPSA) is 35.8 Å². The molecule has 0 saturated carbocycles. The van der Waals surface area contributed by atoms with Gasteiger partial charge >= 0.3 is 0 Å². The maximum absolute atomic E-state index is 9.45. The molecule has 2 aromatic carbocycles. The molecular weight excluding hydrogens is 276 g/mol. The highest BCUT2D eigenvalue weighted by atomic mass is 32.2. The third kappa shape index (κ3) is 2.77. The van der Waals surface area contributed by atoms with Gasteiger partial charge in [0, 0.05) is 4.90 Å². The second-order valence-corrected chi connectivity index (χ2v) is 6.13. The number of nitrogens with zero attached hydrogens (tertiary/aromatic N) is 1. The largest absolute Gasteiger partial charge is 0.377 e. The Labute approximate surface area is 130 Å². The summed E-state index contributed by atoms with van der Waals surface area (Å²) in [6.45, 7) is 0. The van der Waals surface area contributed by atoms with Crippen LogP contribution in [-0.2, 0) is 6.42 Å². The molecule has 21 heavy (non-hydrogen) atoms. The number of fused-ring (bicyclic) bond motifs is 1. The van der Waals surface area contributed by atoms with Crippen LogP contribution in [0.25, 0.3) is 0 Å². The van der Waals surface area contributed by atoms with Gasteiger partial charge in [0.1, 0.15) is 6.07 Å². The predicted octanol–water partition coefficient (Wildman–Crippen LogP) is 4.77. The van der Waals surface area contributed by atoms with Crippen LogP contribution in [0.3, 0.4) is 0 Å². The number of hydrogen-bond donors (Lipinski definition) is 1. The van der Waals surface area contributed by atoms with Gasteiger partial charge in [-0.25, -0.2) is 0 Å². The Morgan fingerprint density at radius 2 is 2.05 bits per heavy atom. The van der Waals surface area contributed by atoms with Gasteiger partial charge in [-0.15, -0.1) is 11.8 Å². The zero-order chi connectivity index (χ0) is 14.7. The second kappa shape index (κ2) is 6.24. The van der Waals surface area contributed by atoms with E-state index >= 15 is 0 Å². The van der Waals surface area contributed by atoms with Gasteiger partial charge in [-0.05, 0) is 48.8 Å². The Bertz CT molecular complexity index is 688. The monoisotopic (exact) mass is 294 g/mol. The molecule has 2 nitrogen and oxygen atoms in total. The summed E-state index contributed by atoms with van der Waals surface area (Å²) >= 11 is 1.62. The standard InChI is InChI=1S/C18H18N2S/c1-21-18-11-5-10-17(15(18)12-19)20-16-9-4-7-13-6-2-3-8-14(13)16/h2-3,5-6,8,10-11,16,20H,4,7,9H2,1H3. The number of benzene rings is 2. The summed E-state index contributed by atoms with van der Waals surface area (Å²) in [7, 11) is 0. The lowest BCUT2D eigenvalue weighted by Crippen LogP contribution is -2.17. The van der Waals surface area contributed by atoms with Gasteiger partial charge in [0.05, 0.1) is 17.3 Å². The Balaban J connectivity index is 1.94. The summed E-state index contributed by atoms with van der Waals surface area (Å²) in [5.41, 5.74) is 4.52. The summed E-state index contributed by atoms with van der Waals surface area (Å²) in [5, 5.41) is 13.0. The highest BCUT2D eigenvalue weighted by Crippen LogP contribution is 2.34. The molecule has 0 heterocycles. The minimum absolute atomic E-state index is 0.305. The van der Waals surface area contributed by atoms with Crippen molar-refractivity contribution in [3.05, 3.63) is 59.2 Å². The van der Waals surface area contributed by atoms with Crippen LogP contribution < -0.4 is 5.32 Å². The molecule has 3 heteroatoms. The Hall–Kier alpha value is -1.92. The van der Waals surface area contributed by atoms with Crippen LogP contribution in [0.2, 0.25) is 0 Å². The minimum atomic E-state index is 0.305. The Kier molecular flexibility index (Phi) is 4.17. The van der Waals surface area contributed by atoms with Crippen molar-refractivity contribution in [1.29, 1.82) is 5.26 Å². The van der Waals surface area contributed by atoms with Crippen LogP contribution in [0.5, 0.6) is 0 Å². The van der Waals surface area contributed by atoms with Crippen LogP contribution in [0.15, 0.2) is 47.4 Å². The number of thioether (sulfide) groups is 1. The van der Waals surface area contributed by atoms with Gasteiger partial charge in [0.2, 0.25) is 0 Å². The number of anilines is 1. The molecule has 0 saturated heterocycles. The molecule has 3 rings (SSSR count). The summed E-state index contributed by atoms with van der Waals surface area (Å²) in [6.07, 6.45) is 5.48. The number of nitrogens with one attached hydrogen (secondary N) is 1. The van der Waals surface area contributed by atoms with Crippen LogP contribution in [0.4, 0.5) is 5.69 Å². The molecule has 0 aliphatic heterocycles. The number of aryl methyl sites for hydroxylation is 1. The average molecular weight is 294 g/mol. The zero-order valence-electron chi connectivity index (χ0n) is 12.1. The SMILES string of the molecule is CSc1cccc(NC2CCCc3ccccc32)c1C#N. The van der Waals surface area contributed by atoms with Crippen LogP contribution in [0, 0.1) is 11.3 Å². The molecule has 1 unspecified atom stereocenters. The van der Waals surface area contributed by atoms with Gasteiger partial charge < -0.3 is 5.32 Å². The smallest absolute Gasteiger partial charge is 0.102 e. The summed E-state index contributed by atoms with van der Waals surface area (Å²) < 4.78 is 0. The van der Waals surface area contributed by atoms with Crippen molar-refractivity contribution in [2.75, 3.05) is 11.6 Å². The molecule has 0 radical (unpaired) electrons. The lowest BCUT2D eigenvalue weighted by molar-refractivity contribution is 0.600. The fourth-order valence-electron chi connectivity index (χ4n) is 3.03. The Morgan fingerprint density at radius 3 is 2.86 bits per heavy atom. The first-order valence-corrected chi connectivity index (χ1v) is 8.47. The third-order valence-corrected chi connectivity index (χ3v) is 4.84. The van der Waals surface area contributed by atoms with E-state index in [-0.39, 0.29) is 0 Å². The molecule has 0 bridgehead atoms. The molecule has 2 aromatic rings. The predicted molar refractivity (Wildman–Crippen MR) is 88.7 cm³/mol. The molecule has 0 spiro atoms. The lowest BCUT2D eigenvalue weighted by Gasteiger charge is -2.27. The molecule has 0 fully saturated rings. The first-order valence-electron chi connectivity index (χ1n) is 7.25. The molecule has 1 aliphatic carbocycles.